The summed E-state index contributed by atoms with van der Waals surface area (Å²) >= 11 is 0. The number of aryl methyl sites for hydroxylation is 1. The number of hydrogen-bond donors (Lipinski definition) is 1. The molecule has 0 bridgehead atoms. The van der Waals surface area contributed by atoms with Gasteiger partial charge in [-0.3, -0.25) is 0 Å². The van der Waals surface area contributed by atoms with Crippen molar-refractivity contribution in [2.45, 2.75) is 19.3 Å². The van der Waals surface area contributed by atoms with Gasteiger partial charge in [0.15, 0.2) is 0 Å². The van der Waals surface area contributed by atoms with Gasteiger partial charge < -0.3 is 10.2 Å². The Bertz CT molecular complexity index is 257. The first-order chi connectivity index (χ1) is 5.58. The highest BCUT2D eigenvalue weighted by Crippen LogP contribution is 2.33. The Labute approximate surface area is 69.4 Å². The van der Waals surface area contributed by atoms with Crippen LogP contribution in [0.15, 0.2) is 16.7 Å². The zero-order chi connectivity index (χ0) is 9.19. The summed E-state index contributed by atoms with van der Waals surface area (Å²) in [6, 6.07) is 1.28. The fourth-order valence-corrected chi connectivity index (χ4v) is 1.08. The second-order valence-electron chi connectivity index (χ2n) is 2.63. The Morgan fingerprint density at radius 2 is 2.25 bits per heavy atom. The van der Waals surface area contributed by atoms with E-state index in [1.54, 1.807) is 0 Å². The highest BCUT2D eigenvalue weighted by atomic mass is 19.3. The molecule has 0 spiro atoms. The zero-order valence-corrected chi connectivity index (χ0v) is 6.81. The summed E-state index contributed by atoms with van der Waals surface area (Å²) in [5, 5.41) is 0. The molecule has 0 saturated carbocycles. The second-order valence-corrected chi connectivity index (χ2v) is 2.63. The van der Waals surface area contributed by atoms with Crippen molar-refractivity contribution in [2.75, 3.05) is 6.54 Å². The summed E-state index contributed by atoms with van der Waals surface area (Å²) in [5.41, 5.74) is 5.00. The van der Waals surface area contributed by atoms with Gasteiger partial charge in [-0.05, 0) is 19.5 Å². The highest BCUT2D eigenvalue weighted by molar-refractivity contribution is 5.21. The molecule has 12 heavy (non-hydrogen) atoms. The van der Waals surface area contributed by atoms with Gasteiger partial charge in [0.2, 0.25) is 0 Å². The number of nitrogens with two attached hydrogens (primary N) is 1. The maximum Gasteiger partial charge on any atom is 0.277 e. The van der Waals surface area contributed by atoms with Crippen LogP contribution in [0.25, 0.3) is 0 Å². The molecule has 1 heterocycles. The molecule has 1 aromatic heterocycles. The molecule has 0 aliphatic heterocycles. The zero-order valence-electron chi connectivity index (χ0n) is 6.81. The monoisotopic (exact) mass is 175 g/mol. The third-order valence-corrected chi connectivity index (χ3v) is 1.71. The van der Waals surface area contributed by atoms with Crippen LogP contribution in [0.2, 0.25) is 0 Å². The summed E-state index contributed by atoms with van der Waals surface area (Å²) in [5.74, 6) is -2.60. The number of alkyl halides is 2. The molecule has 1 aromatic rings. The number of halogens is 2. The van der Waals surface area contributed by atoms with Crippen molar-refractivity contribution in [2.24, 2.45) is 5.73 Å². The van der Waals surface area contributed by atoms with Crippen molar-refractivity contribution < 1.29 is 13.2 Å². The molecule has 0 atom stereocenters. The van der Waals surface area contributed by atoms with Crippen LogP contribution in [-0.2, 0) is 5.92 Å². The van der Waals surface area contributed by atoms with Gasteiger partial charge in [0.1, 0.15) is 5.76 Å². The van der Waals surface area contributed by atoms with E-state index in [1.807, 2.05) is 0 Å². The Morgan fingerprint density at radius 3 is 2.67 bits per heavy atom. The fraction of sp³-hybridized carbons (Fsp3) is 0.500. The normalized spacial score (nSPS) is 12.0. The van der Waals surface area contributed by atoms with Crippen molar-refractivity contribution in [3.63, 3.8) is 0 Å². The summed E-state index contributed by atoms with van der Waals surface area (Å²) < 4.78 is 31.0. The van der Waals surface area contributed by atoms with Crippen LogP contribution >= 0.6 is 0 Å². The Morgan fingerprint density at radius 1 is 1.58 bits per heavy atom. The quantitative estimate of drug-likeness (QED) is 0.763. The van der Waals surface area contributed by atoms with Gasteiger partial charge in [0, 0.05) is 6.42 Å². The molecule has 0 radical (unpaired) electrons. The van der Waals surface area contributed by atoms with E-state index in [4.69, 9.17) is 10.2 Å². The molecule has 0 saturated heterocycles. The van der Waals surface area contributed by atoms with Crippen molar-refractivity contribution in [3.8, 4) is 0 Å². The number of rotatable bonds is 3. The molecule has 4 heteroatoms. The molecule has 0 aliphatic carbocycles. The van der Waals surface area contributed by atoms with Crippen LogP contribution in [-0.4, -0.2) is 6.54 Å². The van der Waals surface area contributed by atoms with Gasteiger partial charge >= 0.3 is 0 Å². The molecule has 2 nitrogen and oxygen atoms in total. The molecule has 0 amide bonds. The third kappa shape index (κ3) is 1.64. The summed E-state index contributed by atoms with van der Waals surface area (Å²) in [4.78, 5) is 0. The van der Waals surface area contributed by atoms with Gasteiger partial charge in [-0.15, -0.1) is 0 Å². The van der Waals surface area contributed by atoms with Gasteiger partial charge in [-0.1, -0.05) is 0 Å². The maximum absolute atomic E-state index is 13.1. The van der Waals surface area contributed by atoms with Crippen molar-refractivity contribution in [1.29, 1.82) is 0 Å². The van der Waals surface area contributed by atoms with Crippen molar-refractivity contribution >= 4 is 0 Å². The number of hydrogen-bond acceptors (Lipinski definition) is 2. The minimum atomic E-state index is -2.86. The average molecular weight is 175 g/mol. The predicted octanol–water partition coefficient (Wildman–Crippen LogP) is 2.03. The Balaban J connectivity index is 2.88. The lowest BCUT2D eigenvalue weighted by Gasteiger charge is -2.13. The van der Waals surface area contributed by atoms with E-state index in [2.05, 4.69) is 0 Å². The first kappa shape index (κ1) is 9.19. The minimum Gasteiger partial charge on any atom is -0.469 e. The summed E-state index contributed by atoms with van der Waals surface area (Å²) in [7, 11) is 0. The molecular weight excluding hydrogens is 164 g/mol. The minimum absolute atomic E-state index is 0.0301. The molecule has 68 valence electrons. The van der Waals surface area contributed by atoms with Crippen LogP contribution in [0.5, 0.6) is 0 Å². The second kappa shape index (κ2) is 3.23. The molecule has 0 unspecified atom stereocenters. The van der Waals surface area contributed by atoms with E-state index in [-0.39, 0.29) is 24.3 Å². The van der Waals surface area contributed by atoms with Gasteiger partial charge in [0.05, 0.1) is 11.8 Å². The van der Waals surface area contributed by atoms with E-state index in [0.717, 1.165) is 0 Å². The van der Waals surface area contributed by atoms with Gasteiger partial charge in [0.25, 0.3) is 5.92 Å². The molecule has 0 fully saturated rings. The van der Waals surface area contributed by atoms with E-state index in [1.165, 1.54) is 19.3 Å². The molecule has 2 N–H and O–H groups in total. The number of furan rings is 1. The first-order valence-electron chi connectivity index (χ1n) is 3.70. The Kier molecular flexibility index (Phi) is 2.47. The maximum atomic E-state index is 13.1. The lowest BCUT2D eigenvalue weighted by atomic mass is 10.1. The van der Waals surface area contributed by atoms with Crippen LogP contribution in [0.4, 0.5) is 8.78 Å². The van der Waals surface area contributed by atoms with E-state index in [0.29, 0.717) is 0 Å². The smallest absolute Gasteiger partial charge is 0.277 e. The van der Waals surface area contributed by atoms with Crippen LogP contribution in [0, 0.1) is 6.92 Å². The van der Waals surface area contributed by atoms with Crippen LogP contribution < -0.4 is 5.73 Å². The highest BCUT2D eigenvalue weighted by Gasteiger charge is 2.33. The van der Waals surface area contributed by atoms with Gasteiger partial charge in [-0.2, -0.15) is 0 Å². The Hall–Kier alpha value is -0.900. The molecular formula is C8H11F2NO. The topological polar surface area (TPSA) is 39.2 Å². The van der Waals surface area contributed by atoms with Crippen molar-refractivity contribution in [1.82, 2.24) is 0 Å². The lowest BCUT2D eigenvalue weighted by molar-refractivity contribution is -0.0120. The van der Waals surface area contributed by atoms with Crippen LogP contribution in [0.1, 0.15) is 17.7 Å². The fourth-order valence-electron chi connectivity index (χ4n) is 1.08. The molecule has 1 rings (SSSR count). The first-order valence-corrected chi connectivity index (χ1v) is 3.70. The summed E-state index contributed by atoms with van der Waals surface area (Å²) in [6.45, 7) is 1.48. The standard InChI is InChI=1S/C8H11F2NO/c1-6-7(2-5-12-6)8(9,10)3-4-11/h2,5H,3-4,11H2,1H3. The van der Waals surface area contributed by atoms with Crippen molar-refractivity contribution in [3.05, 3.63) is 23.7 Å². The predicted molar refractivity (Wildman–Crippen MR) is 41.0 cm³/mol. The van der Waals surface area contributed by atoms with E-state index >= 15 is 0 Å². The molecule has 0 aliphatic rings. The average Bonchev–Trinajstić information content (AvgIpc) is 2.35. The lowest BCUT2D eigenvalue weighted by Crippen LogP contribution is -2.18. The summed E-state index contributed by atoms with van der Waals surface area (Å²) in [6.07, 6.45) is 0.919. The van der Waals surface area contributed by atoms with E-state index < -0.39 is 5.92 Å². The van der Waals surface area contributed by atoms with Crippen LogP contribution in [0.3, 0.4) is 0 Å². The third-order valence-electron chi connectivity index (χ3n) is 1.71. The van der Waals surface area contributed by atoms with E-state index in [9.17, 15) is 8.78 Å². The SMILES string of the molecule is Cc1occc1C(F)(F)CCN. The van der Waals surface area contributed by atoms with Gasteiger partial charge in [-0.25, -0.2) is 8.78 Å². The molecule has 0 aromatic carbocycles. The largest absolute Gasteiger partial charge is 0.469 e.